The average Bonchev–Trinajstić information content (AvgIpc) is 2.75. The molecule has 1 aliphatic rings. The van der Waals surface area contributed by atoms with Crippen molar-refractivity contribution >= 4 is 30.0 Å². The zero-order valence-electron chi connectivity index (χ0n) is 14.6. The third-order valence-electron chi connectivity index (χ3n) is 4.87. The number of hydrogen-bond donors (Lipinski definition) is 0. The molecule has 0 radical (unpaired) electrons. The topological polar surface area (TPSA) is 35.5 Å². The first-order chi connectivity index (χ1) is 11.6. The van der Waals surface area contributed by atoms with Crippen LogP contribution in [-0.4, -0.2) is 24.1 Å². The second-order valence-electron chi connectivity index (χ2n) is 7.16. The number of halogens is 2. The highest BCUT2D eigenvalue weighted by atomic mass is 35.5. The summed E-state index contributed by atoms with van der Waals surface area (Å²) in [5.74, 6) is -0.625. The van der Waals surface area contributed by atoms with E-state index in [9.17, 15) is 9.18 Å². The third-order valence-corrected chi connectivity index (χ3v) is 5.11. The van der Waals surface area contributed by atoms with Crippen molar-refractivity contribution in [3.05, 3.63) is 64.4 Å². The fraction of sp³-hybridized carbons (Fsp3) is 0.316. The van der Waals surface area contributed by atoms with E-state index in [1.54, 1.807) is 18.2 Å². The maximum absolute atomic E-state index is 13.1. The molecule has 1 saturated heterocycles. The van der Waals surface area contributed by atoms with E-state index in [1.165, 1.54) is 24.3 Å². The van der Waals surface area contributed by atoms with Gasteiger partial charge in [0.2, 0.25) is 0 Å². The zero-order chi connectivity index (χ0) is 18.4. The van der Waals surface area contributed by atoms with Crippen LogP contribution in [0.5, 0.6) is 0 Å². The molecular weight excluding hydrogens is 341 g/mol. The lowest BCUT2D eigenvalue weighted by molar-refractivity contribution is 0.00578. The van der Waals surface area contributed by atoms with E-state index in [-0.39, 0.29) is 11.6 Å². The summed E-state index contributed by atoms with van der Waals surface area (Å²) < 4.78 is 25.2. The molecule has 0 saturated carbocycles. The van der Waals surface area contributed by atoms with Crippen LogP contribution in [0.1, 0.15) is 43.6 Å². The van der Waals surface area contributed by atoms with Crippen LogP contribution < -0.4 is 5.46 Å². The summed E-state index contributed by atoms with van der Waals surface area (Å²) in [7, 11) is -0.705. The zero-order valence-corrected chi connectivity index (χ0v) is 15.4. The molecule has 0 bridgehead atoms. The number of carbonyl (C=O) groups is 1. The molecule has 2 aromatic carbocycles. The Kier molecular flexibility index (Phi) is 4.52. The minimum atomic E-state index is -0.705. The van der Waals surface area contributed by atoms with Crippen molar-refractivity contribution in [2.75, 3.05) is 0 Å². The van der Waals surface area contributed by atoms with E-state index in [4.69, 9.17) is 20.9 Å². The quantitative estimate of drug-likeness (QED) is 0.613. The van der Waals surface area contributed by atoms with Gasteiger partial charge in [-0.05, 0) is 75.6 Å². The van der Waals surface area contributed by atoms with Crippen LogP contribution in [0.4, 0.5) is 4.39 Å². The van der Waals surface area contributed by atoms with E-state index in [0.29, 0.717) is 21.6 Å². The van der Waals surface area contributed by atoms with Gasteiger partial charge in [-0.15, -0.1) is 0 Å². The summed E-state index contributed by atoms with van der Waals surface area (Å²) >= 11 is 6.14. The van der Waals surface area contributed by atoms with Gasteiger partial charge in [0, 0.05) is 16.1 Å². The Bertz CT molecular complexity index is 802. The Morgan fingerprint density at radius 3 is 2.12 bits per heavy atom. The molecule has 0 aromatic heterocycles. The Balaban J connectivity index is 2.02. The minimum Gasteiger partial charge on any atom is -0.399 e. The van der Waals surface area contributed by atoms with Crippen LogP contribution in [0, 0.1) is 5.82 Å². The van der Waals surface area contributed by atoms with E-state index >= 15 is 0 Å². The summed E-state index contributed by atoms with van der Waals surface area (Å²) in [5.41, 5.74) is 0.322. The lowest BCUT2D eigenvalue weighted by Gasteiger charge is -2.32. The summed E-state index contributed by atoms with van der Waals surface area (Å²) in [5, 5.41) is 0.486. The second kappa shape index (κ2) is 6.24. The van der Waals surface area contributed by atoms with Crippen LogP contribution in [0.25, 0.3) is 0 Å². The highest BCUT2D eigenvalue weighted by Gasteiger charge is 2.52. The van der Waals surface area contributed by atoms with Gasteiger partial charge in [0.1, 0.15) is 5.82 Å². The van der Waals surface area contributed by atoms with Gasteiger partial charge in [0.15, 0.2) is 5.78 Å². The van der Waals surface area contributed by atoms with Crippen LogP contribution in [0.3, 0.4) is 0 Å². The van der Waals surface area contributed by atoms with Crippen molar-refractivity contribution in [3.8, 4) is 0 Å². The molecule has 3 rings (SSSR count). The highest BCUT2D eigenvalue weighted by Crippen LogP contribution is 2.37. The van der Waals surface area contributed by atoms with Crippen LogP contribution in [0.15, 0.2) is 42.5 Å². The van der Waals surface area contributed by atoms with Gasteiger partial charge in [0.25, 0.3) is 0 Å². The largest absolute Gasteiger partial charge is 0.495 e. The molecule has 3 nitrogen and oxygen atoms in total. The standard InChI is InChI=1S/C19H19BClFO3/c1-18(2)19(3,4)25-20(24-18)16-11-13(21)7-10-15(16)17(23)12-5-8-14(22)9-6-12/h5-11H,1-4H3. The van der Waals surface area contributed by atoms with Gasteiger partial charge in [-0.2, -0.15) is 0 Å². The van der Waals surface area contributed by atoms with Gasteiger partial charge >= 0.3 is 7.12 Å². The molecule has 0 aliphatic carbocycles. The maximum atomic E-state index is 13.1. The maximum Gasteiger partial charge on any atom is 0.495 e. The first-order valence-electron chi connectivity index (χ1n) is 8.06. The van der Waals surface area contributed by atoms with Gasteiger partial charge in [-0.1, -0.05) is 11.6 Å². The molecular formula is C19H19BClFO3. The molecule has 6 heteroatoms. The summed E-state index contributed by atoms with van der Waals surface area (Å²) in [4.78, 5) is 12.9. The van der Waals surface area contributed by atoms with E-state index < -0.39 is 18.3 Å². The molecule has 0 N–H and O–H groups in total. The molecule has 1 fully saturated rings. The van der Waals surface area contributed by atoms with Crippen molar-refractivity contribution in [2.24, 2.45) is 0 Å². The molecule has 1 heterocycles. The summed E-state index contributed by atoms with van der Waals surface area (Å²) in [6, 6.07) is 10.4. The van der Waals surface area contributed by atoms with Gasteiger partial charge < -0.3 is 9.31 Å². The fourth-order valence-corrected chi connectivity index (χ4v) is 2.84. The molecule has 1 aliphatic heterocycles. The number of ketones is 1. The van der Waals surface area contributed by atoms with Crippen molar-refractivity contribution in [1.29, 1.82) is 0 Å². The number of carbonyl (C=O) groups excluding carboxylic acids is 1. The van der Waals surface area contributed by atoms with Crippen LogP contribution in [-0.2, 0) is 9.31 Å². The molecule has 0 atom stereocenters. The molecule has 0 amide bonds. The number of rotatable bonds is 3. The summed E-state index contributed by atoms with van der Waals surface area (Å²) in [6.45, 7) is 7.77. The van der Waals surface area contributed by atoms with E-state index in [1.807, 2.05) is 27.7 Å². The first kappa shape index (κ1) is 18.1. The molecule has 130 valence electrons. The molecule has 25 heavy (non-hydrogen) atoms. The van der Waals surface area contributed by atoms with Crippen molar-refractivity contribution in [3.63, 3.8) is 0 Å². The highest BCUT2D eigenvalue weighted by molar-refractivity contribution is 6.64. The summed E-state index contributed by atoms with van der Waals surface area (Å²) in [6.07, 6.45) is 0. The third kappa shape index (κ3) is 3.36. The predicted molar refractivity (Wildman–Crippen MR) is 97.0 cm³/mol. The lowest BCUT2D eigenvalue weighted by atomic mass is 9.74. The van der Waals surface area contributed by atoms with Gasteiger partial charge in [0.05, 0.1) is 11.2 Å². The Morgan fingerprint density at radius 1 is 1.00 bits per heavy atom. The Labute approximate surface area is 152 Å². The second-order valence-corrected chi connectivity index (χ2v) is 7.59. The average molecular weight is 361 g/mol. The van der Waals surface area contributed by atoms with Gasteiger partial charge in [-0.3, -0.25) is 4.79 Å². The van der Waals surface area contributed by atoms with E-state index in [2.05, 4.69) is 0 Å². The smallest absolute Gasteiger partial charge is 0.399 e. The van der Waals surface area contributed by atoms with Crippen molar-refractivity contribution < 1.29 is 18.5 Å². The first-order valence-corrected chi connectivity index (χ1v) is 8.44. The van der Waals surface area contributed by atoms with Crippen LogP contribution >= 0.6 is 11.6 Å². The minimum absolute atomic E-state index is 0.235. The molecule has 0 spiro atoms. The Hall–Kier alpha value is -1.69. The number of hydrogen-bond acceptors (Lipinski definition) is 3. The van der Waals surface area contributed by atoms with E-state index in [0.717, 1.165) is 0 Å². The SMILES string of the molecule is CC1(C)OB(c2cc(Cl)ccc2C(=O)c2ccc(F)cc2)OC1(C)C. The monoisotopic (exact) mass is 360 g/mol. The van der Waals surface area contributed by atoms with Gasteiger partial charge in [-0.25, -0.2) is 4.39 Å². The number of benzene rings is 2. The van der Waals surface area contributed by atoms with Crippen LogP contribution in [0.2, 0.25) is 5.02 Å². The van der Waals surface area contributed by atoms with Crippen molar-refractivity contribution in [2.45, 2.75) is 38.9 Å². The lowest BCUT2D eigenvalue weighted by Crippen LogP contribution is -2.41. The predicted octanol–water partition coefficient (Wildman–Crippen LogP) is 4.01. The Morgan fingerprint density at radius 2 is 1.56 bits per heavy atom. The fourth-order valence-electron chi connectivity index (χ4n) is 2.66. The molecule has 2 aromatic rings. The van der Waals surface area contributed by atoms with Crippen molar-refractivity contribution in [1.82, 2.24) is 0 Å². The molecule has 0 unspecified atom stereocenters. The normalized spacial score (nSPS) is 18.4.